The first kappa shape index (κ1) is 21.3. The van der Waals surface area contributed by atoms with E-state index in [-0.39, 0.29) is 12.3 Å². The quantitative estimate of drug-likeness (QED) is 0.456. The molecule has 0 saturated heterocycles. The Bertz CT molecular complexity index is 1310. The standard InChI is InChI=1S/C25H21N5O4/c31-24(21(28-25(32)33)12-16-4-2-1-3-5-16)30-11-8-19-20(23-29-27-15-34-23)13-18(14-22(19)30)17-6-9-26-10-7-17/h1-7,9-10,13-15,21,28H,8,11-12H2,(H,32,33)/t21-/m0/s1. The summed E-state index contributed by atoms with van der Waals surface area (Å²) in [4.78, 5) is 30.9. The van der Waals surface area contributed by atoms with Gasteiger partial charge in [0.05, 0.1) is 0 Å². The zero-order valence-corrected chi connectivity index (χ0v) is 18.1. The summed E-state index contributed by atoms with van der Waals surface area (Å²) in [5, 5.41) is 19.7. The number of nitrogens with zero attached hydrogens (tertiary/aromatic N) is 4. The Kier molecular flexibility index (Phi) is 5.73. The van der Waals surface area contributed by atoms with E-state index in [1.165, 1.54) is 6.39 Å². The molecule has 0 bridgehead atoms. The van der Waals surface area contributed by atoms with Crippen LogP contribution in [0.15, 0.2) is 77.8 Å². The average Bonchev–Trinajstić information content (AvgIpc) is 3.54. The average molecular weight is 455 g/mol. The molecule has 0 radical (unpaired) electrons. The van der Waals surface area contributed by atoms with Gasteiger partial charge in [0.25, 0.3) is 0 Å². The topological polar surface area (TPSA) is 121 Å². The van der Waals surface area contributed by atoms with Crippen LogP contribution < -0.4 is 10.2 Å². The van der Waals surface area contributed by atoms with E-state index in [0.29, 0.717) is 24.5 Å². The molecule has 0 unspecified atom stereocenters. The summed E-state index contributed by atoms with van der Waals surface area (Å²) in [6.07, 6.45) is 4.25. The first-order valence-corrected chi connectivity index (χ1v) is 10.8. The maximum absolute atomic E-state index is 13.6. The number of fused-ring (bicyclic) bond motifs is 1. The normalized spacial score (nSPS) is 13.4. The number of carbonyl (C=O) groups excluding carboxylic acids is 1. The number of pyridine rings is 1. The summed E-state index contributed by atoms with van der Waals surface area (Å²) >= 11 is 0. The van der Waals surface area contributed by atoms with E-state index in [0.717, 1.165) is 27.8 Å². The van der Waals surface area contributed by atoms with Crippen LogP contribution in [0, 0.1) is 0 Å². The van der Waals surface area contributed by atoms with Gasteiger partial charge < -0.3 is 19.7 Å². The molecule has 9 heteroatoms. The lowest BCUT2D eigenvalue weighted by atomic mass is 9.97. The highest BCUT2D eigenvalue weighted by molar-refractivity contribution is 6.02. The molecule has 2 amide bonds. The van der Waals surface area contributed by atoms with Gasteiger partial charge >= 0.3 is 6.09 Å². The van der Waals surface area contributed by atoms with Crippen molar-refractivity contribution in [3.8, 4) is 22.6 Å². The van der Waals surface area contributed by atoms with E-state index in [1.54, 1.807) is 17.3 Å². The molecule has 1 aliphatic heterocycles. The number of amides is 2. The fraction of sp³-hybridized carbons (Fsp3) is 0.160. The molecule has 0 spiro atoms. The summed E-state index contributed by atoms with van der Waals surface area (Å²) in [7, 11) is 0. The predicted molar refractivity (Wildman–Crippen MR) is 124 cm³/mol. The molecule has 0 saturated carbocycles. The van der Waals surface area contributed by atoms with Crippen LogP contribution in [0.5, 0.6) is 0 Å². The third-order valence-corrected chi connectivity index (χ3v) is 5.85. The molecule has 2 aromatic carbocycles. The lowest BCUT2D eigenvalue weighted by Crippen LogP contribution is -2.49. The minimum atomic E-state index is -1.24. The molecule has 3 heterocycles. The van der Waals surface area contributed by atoms with Crippen molar-refractivity contribution in [2.75, 3.05) is 11.4 Å². The van der Waals surface area contributed by atoms with Gasteiger partial charge in [0.1, 0.15) is 6.04 Å². The molecule has 5 rings (SSSR count). The second kappa shape index (κ2) is 9.14. The van der Waals surface area contributed by atoms with E-state index in [4.69, 9.17) is 4.42 Å². The van der Waals surface area contributed by atoms with Gasteiger partial charge in [-0.25, -0.2) is 4.79 Å². The van der Waals surface area contributed by atoms with Gasteiger partial charge in [-0.3, -0.25) is 9.78 Å². The first-order chi connectivity index (χ1) is 16.6. The van der Waals surface area contributed by atoms with Crippen LogP contribution in [0.4, 0.5) is 10.5 Å². The van der Waals surface area contributed by atoms with Crippen LogP contribution in [0.25, 0.3) is 22.6 Å². The minimum Gasteiger partial charge on any atom is -0.465 e. The molecule has 2 N–H and O–H groups in total. The number of rotatable bonds is 6. The largest absolute Gasteiger partial charge is 0.465 e. The fourth-order valence-corrected chi connectivity index (χ4v) is 4.31. The number of carbonyl (C=O) groups is 2. The van der Waals surface area contributed by atoms with Crippen molar-refractivity contribution in [2.45, 2.75) is 18.9 Å². The second-order valence-corrected chi connectivity index (χ2v) is 7.93. The molecule has 170 valence electrons. The lowest BCUT2D eigenvalue weighted by molar-refractivity contribution is -0.120. The third kappa shape index (κ3) is 4.23. The second-order valence-electron chi connectivity index (χ2n) is 7.93. The van der Waals surface area contributed by atoms with Gasteiger partial charge in [-0.15, -0.1) is 10.2 Å². The van der Waals surface area contributed by atoms with Gasteiger partial charge in [-0.1, -0.05) is 30.3 Å². The van der Waals surface area contributed by atoms with Crippen molar-refractivity contribution in [1.82, 2.24) is 20.5 Å². The molecule has 0 fully saturated rings. The van der Waals surface area contributed by atoms with Gasteiger partial charge in [-0.05, 0) is 52.9 Å². The summed E-state index contributed by atoms with van der Waals surface area (Å²) in [5.41, 5.74) is 5.01. The van der Waals surface area contributed by atoms with E-state index in [9.17, 15) is 14.7 Å². The van der Waals surface area contributed by atoms with Crippen molar-refractivity contribution >= 4 is 17.7 Å². The fourth-order valence-electron chi connectivity index (χ4n) is 4.31. The molecule has 4 aromatic rings. The van der Waals surface area contributed by atoms with Gasteiger partial charge in [-0.2, -0.15) is 0 Å². The Morgan fingerprint density at radius 3 is 2.59 bits per heavy atom. The van der Waals surface area contributed by atoms with Gasteiger partial charge in [0.15, 0.2) is 0 Å². The molecule has 2 aromatic heterocycles. The van der Waals surface area contributed by atoms with E-state index >= 15 is 0 Å². The van der Waals surface area contributed by atoms with Crippen LogP contribution >= 0.6 is 0 Å². The maximum atomic E-state index is 13.6. The van der Waals surface area contributed by atoms with Crippen molar-refractivity contribution in [1.29, 1.82) is 0 Å². The highest BCUT2D eigenvalue weighted by atomic mass is 16.4. The SMILES string of the molecule is O=C(O)N[C@@H](Cc1ccccc1)C(=O)N1CCc2c(-c3nnco3)cc(-c3ccncc3)cc21. The molecular weight excluding hydrogens is 434 g/mol. The molecule has 0 aliphatic carbocycles. The van der Waals surface area contributed by atoms with Crippen LogP contribution in [0.2, 0.25) is 0 Å². The predicted octanol–water partition coefficient (Wildman–Crippen LogP) is 3.57. The Labute approximate surface area is 195 Å². The molecule has 34 heavy (non-hydrogen) atoms. The van der Waals surface area contributed by atoms with Crippen LogP contribution in [0.1, 0.15) is 11.1 Å². The number of nitrogens with one attached hydrogen (secondary N) is 1. The smallest absolute Gasteiger partial charge is 0.405 e. The summed E-state index contributed by atoms with van der Waals surface area (Å²) in [6.45, 7) is 0.418. The van der Waals surface area contributed by atoms with Gasteiger partial charge in [0, 0.05) is 36.6 Å². The van der Waals surface area contributed by atoms with E-state index in [1.807, 2.05) is 54.6 Å². The Hall–Kier alpha value is -4.53. The van der Waals surface area contributed by atoms with Gasteiger partial charge in [0.2, 0.25) is 18.2 Å². The van der Waals surface area contributed by atoms with E-state index < -0.39 is 12.1 Å². The van der Waals surface area contributed by atoms with E-state index in [2.05, 4.69) is 20.5 Å². The number of hydrogen-bond acceptors (Lipinski definition) is 6. The van der Waals surface area contributed by atoms with Crippen LogP contribution in [-0.4, -0.2) is 44.9 Å². The molecular formula is C25H21N5O4. The molecule has 1 atom stereocenters. The zero-order valence-electron chi connectivity index (χ0n) is 18.1. The highest BCUT2D eigenvalue weighted by Crippen LogP contribution is 2.40. The summed E-state index contributed by atoms with van der Waals surface area (Å²) < 4.78 is 5.48. The van der Waals surface area contributed by atoms with Crippen LogP contribution in [-0.2, 0) is 17.6 Å². The zero-order chi connectivity index (χ0) is 23.5. The Morgan fingerprint density at radius 2 is 1.88 bits per heavy atom. The molecule has 1 aliphatic rings. The maximum Gasteiger partial charge on any atom is 0.405 e. The minimum absolute atomic E-state index is 0.248. The Balaban J connectivity index is 1.55. The van der Waals surface area contributed by atoms with Crippen molar-refractivity contribution in [3.63, 3.8) is 0 Å². The van der Waals surface area contributed by atoms with Crippen molar-refractivity contribution < 1.29 is 19.1 Å². The number of aromatic nitrogens is 3. The Morgan fingerprint density at radius 1 is 1.09 bits per heavy atom. The highest BCUT2D eigenvalue weighted by Gasteiger charge is 2.34. The summed E-state index contributed by atoms with van der Waals surface area (Å²) in [6, 6.07) is 16.1. The van der Waals surface area contributed by atoms with Crippen LogP contribution in [0.3, 0.4) is 0 Å². The number of carboxylic acid groups (broad SMARTS) is 1. The number of anilines is 1. The lowest BCUT2D eigenvalue weighted by Gasteiger charge is -2.25. The monoisotopic (exact) mass is 455 g/mol. The third-order valence-electron chi connectivity index (χ3n) is 5.85. The first-order valence-electron chi connectivity index (χ1n) is 10.8. The van der Waals surface area contributed by atoms with Crippen molar-refractivity contribution in [3.05, 3.63) is 84.5 Å². The van der Waals surface area contributed by atoms with Crippen molar-refractivity contribution in [2.24, 2.45) is 0 Å². The number of benzene rings is 2. The summed E-state index contributed by atoms with van der Waals surface area (Å²) in [5.74, 6) is 0.0549. The number of hydrogen-bond donors (Lipinski definition) is 2. The molecule has 9 nitrogen and oxygen atoms in total.